The van der Waals surface area contributed by atoms with Crippen LogP contribution < -0.4 is 11.3 Å². The number of hydrogen-bond donors (Lipinski definition) is 2. The summed E-state index contributed by atoms with van der Waals surface area (Å²) in [7, 11) is 0. The SMILES string of the molecule is CCOC1(C(Cc2csc3ccccc23)NN)CCCC1. The summed E-state index contributed by atoms with van der Waals surface area (Å²) in [4.78, 5) is 0. The van der Waals surface area contributed by atoms with Crippen molar-refractivity contribution in [2.75, 3.05) is 6.61 Å². The van der Waals surface area contributed by atoms with Crippen LogP contribution in [-0.4, -0.2) is 18.2 Å². The molecule has 0 amide bonds. The van der Waals surface area contributed by atoms with E-state index in [9.17, 15) is 0 Å². The van der Waals surface area contributed by atoms with E-state index < -0.39 is 0 Å². The molecule has 0 aliphatic heterocycles. The first-order valence-corrected chi connectivity index (χ1v) is 8.72. The maximum Gasteiger partial charge on any atom is 0.0851 e. The fraction of sp³-hybridized carbons (Fsp3) is 0.529. The van der Waals surface area contributed by atoms with E-state index in [-0.39, 0.29) is 11.6 Å². The number of nitrogens with two attached hydrogens (primary N) is 1. The fourth-order valence-electron chi connectivity index (χ4n) is 3.66. The van der Waals surface area contributed by atoms with Gasteiger partial charge in [-0.05, 0) is 48.6 Å². The molecule has 3 nitrogen and oxygen atoms in total. The lowest BCUT2D eigenvalue weighted by Gasteiger charge is -2.37. The molecule has 1 aliphatic carbocycles. The highest BCUT2D eigenvalue weighted by molar-refractivity contribution is 7.17. The zero-order valence-electron chi connectivity index (χ0n) is 12.6. The van der Waals surface area contributed by atoms with Crippen molar-refractivity contribution < 1.29 is 4.74 Å². The third-order valence-electron chi connectivity index (χ3n) is 4.70. The van der Waals surface area contributed by atoms with Crippen molar-refractivity contribution >= 4 is 21.4 Å². The van der Waals surface area contributed by atoms with Gasteiger partial charge in [0.15, 0.2) is 0 Å². The topological polar surface area (TPSA) is 47.3 Å². The summed E-state index contributed by atoms with van der Waals surface area (Å²) in [6.45, 7) is 2.83. The Morgan fingerprint density at radius 1 is 1.33 bits per heavy atom. The number of rotatable bonds is 6. The molecule has 2 aromatic rings. The molecule has 21 heavy (non-hydrogen) atoms. The third kappa shape index (κ3) is 2.86. The lowest BCUT2D eigenvalue weighted by atomic mass is 9.87. The molecular formula is C17H24N2OS. The standard InChI is InChI=1S/C17H24N2OS/c1-2-20-17(9-5-6-10-17)16(19-18)11-13-12-21-15-8-4-3-7-14(13)15/h3-4,7-8,12,16,19H,2,5-6,9-11,18H2,1H3. The van der Waals surface area contributed by atoms with Gasteiger partial charge in [0.05, 0.1) is 11.6 Å². The van der Waals surface area contributed by atoms with E-state index in [1.165, 1.54) is 28.5 Å². The quantitative estimate of drug-likeness (QED) is 0.633. The van der Waals surface area contributed by atoms with Crippen LogP contribution >= 0.6 is 11.3 Å². The summed E-state index contributed by atoms with van der Waals surface area (Å²) >= 11 is 1.81. The van der Waals surface area contributed by atoms with E-state index in [0.717, 1.165) is 25.9 Å². The molecule has 1 fully saturated rings. The average molecular weight is 304 g/mol. The zero-order valence-corrected chi connectivity index (χ0v) is 13.4. The molecule has 3 rings (SSSR count). The van der Waals surface area contributed by atoms with E-state index in [1.807, 2.05) is 11.3 Å². The third-order valence-corrected chi connectivity index (χ3v) is 5.72. The molecule has 0 saturated heterocycles. The summed E-state index contributed by atoms with van der Waals surface area (Å²) in [5.74, 6) is 5.90. The smallest absolute Gasteiger partial charge is 0.0851 e. The monoisotopic (exact) mass is 304 g/mol. The molecule has 1 unspecified atom stereocenters. The molecule has 1 saturated carbocycles. The van der Waals surface area contributed by atoms with Crippen molar-refractivity contribution in [3.63, 3.8) is 0 Å². The van der Waals surface area contributed by atoms with E-state index in [0.29, 0.717) is 0 Å². The first kappa shape index (κ1) is 15.0. The Labute approximate surface area is 130 Å². The van der Waals surface area contributed by atoms with E-state index in [1.54, 1.807) is 0 Å². The maximum absolute atomic E-state index is 6.17. The van der Waals surface area contributed by atoms with E-state index in [4.69, 9.17) is 10.6 Å². The molecule has 114 valence electrons. The number of ether oxygens (including phenoxy) is 1. The lowest BCUT2D eigenvalue weighted by Crippen LogP contribution is -2.54. The molecular weight excluding hydrogens is 280 g/mol. The number of fused-ring (bicyclic) bond motifs is 1. The normalized spacial score (nSPS) is 19.1. The Hall–Kier alpha value is -0.940. The predicted octanol–water partition coefficient (Wildman–Crippen LogP) is 3.63. The van der Waals surface area contributed by atoms with Crippen molar-refractivity contribution in [1.29, 1.82) is 0 Å². The second-order valence-corrected chi connectivity index (χ2v) is 6.80. The van der Waals surface area contributed by atoms with Gasteiger partial charge >= 0.3 is 0 Å². The van der Waals surface area contributed by atoms with Crippen molar-refractivity contribution in [3.05, 3.63) is 35.2 Å². The molecule has 1 heterocycles. The summed E-state index contributed by atoms with van der Waals surface area (Å²) in [6, 6.07) is 8.77. The van der Waals surface area contributed by atoms with Crippen LogP contribution in [0, 0.1) is 0 Å². The van der Waals surface area contributed by atoms with Gasteiger partial charge in [0.1, 0.15) is 0 Å². The summed E-state index contributed by atoms with van der Waals surface area (Å²) in [5, 5.41) is 3.62. The van der Waals surface area contributed by atoms with Gasteiger partial charge in [0.25, 0.3) is 0 Å². The van der Waals surface area contributed by atoms with Crippen molar-refractivity contribution in [1.82, 2.24) is 5.43 Å². The van der Waals surface area contributed by atoms with Gasteiger partial charge in [-0.15, -0.1) is 11.3 Å². The van der Waals surface area contributed by atoms with Crippen LogP contribution in [0.1, 0.15) is 38.2 Å². The van der Waals surface area contributed by atoms with Gasteiger partial charge in [0, 0.05) is 11.3 Å². The van der Waals surface area contributed by atoms with Gasteiger partial charge in [-0.1, -0.05) is 31.0 Å². The highest BCUT2D eigenvalue weighted by Gasteiger charge is 2.41. The first-order chi connectivity index (χ1) is 10.3. The Bertz CT molecular complexity index is 589. The van der Waals surface area contributed by atoms with Crippen molar-refractivity contribution in [2.24, 2.45) is 5.84 Å². The van der Waals surface area contributed by atoms with Crippen molar-refractivity contribution in [2.45, 2.75) is 50.7 Å². The molecule has 4 heteroatoms. The van der Waals surface area contributed by atoms with Gasteiger partial charge in [-0.2, -0.15) is 0 Å². The molecule has 0 radical (unpaired) electrons. The number of benzene rings is 1. The van der Waals surface area contributed by atoms with Gasteiger partial charge in [-0.25, -0.2) is 0 Å². The average Bonchev–Trinajstić information content (AvgIpc) is 3.13. The second-order valence-electron chi connectivity index (χ2n) is 5.89. The van der Waals surface area contributed by atoms with Crippen molar-refractivity contribution in [3.8, 4) is 0 Å². The summed E-state index contributed by atoms with van der Waals surface area (Å²) in [5.41, 5.74) is 4.34. The highest BCUT2D eigenvalue weighted by Crippen LogP contribution is 2.38. The van der Waals surface area contributed by atoms with Gasteiger partial charge in [0.2, 0.25) is 0 Å². The second kappa shape index (κ2) is 6.44. The number of hydrazine groups is 1. The largest absolute Gasteiger partial charge is 0.374 e. The number of thiophene rings is 1. The van der Waals surface area contributed by atoms with Gasteiger partial charge in [-0.3, -0.25) is 11.3 Å². The minimum atomic E-state index is -0.0907. The van der Waals surface area contributed by atoms with Crippen LogP contribution in [0.5, 0.6) is 0 Å². The molecule has 1 aliphatic rings. The highest BCUT2D eigenvalue weighted by atomic mass is 32.1. The minimum Gasteiger partial charge on any atom is -0.374 e. The molecule has 1 atom stereocenters. The van der Waals surface area contributed by atoms with Crippen LogP contribution in [-0.2, 0) is 11.2 Å². The Kier molecular flexibility index (Phi) is 4.60. The molecule has 0 bridgehead atoms. The molecule has 1 aromatic heterocycles. The molecule has 3 N–H and O–H groups in total. The summed E-state index contributed by atoms with van der Waals surface area (Å²) in [6.07, 6.45) is 5.63. The lowest BCUT2D eigenvalue weighted by molar-refractivity contribution is -0.0612. The first-order valence-electron chi connectivity index (χ1n) is 7.84. The van der Waals surface area contributed by atoms with E-state index in [2.05, 4.69) is 42.0 Å². The number of hydrogen-bond acceptors (Lipinski definition) is 4. The van der Waals surface area contributed by atoms with Crippen LogP contribution in [0.25, 0.3) is 10.1 Å². The zero-order chi connectivity index (χ0) is 14.7. The van der Waals surface area contributed by atoms with Crippen LogP contribution in [0.15, 0.2) is 29.6 Å². The minimum absolute atomic E-state index is 0.0907. The Morgan fingerprint density at radius 3 is 2.81 bits per heavy atom. The van der Waals surface area contributed by atoms with Crippen LogP contribution in [0.4, 0.5) is 0 Å². The molecule has 0 spiro atoms. The predicted molar refractivity (Wildman–Crippen MR) is 89.5 cm³/mol. The van der Waals surface area contributed by atoms with Gasteiger partial charge < -0.3 is 4.74 Å². The fourth-order valence-corrected chi connectivity index (χ4v) is 4.64. The van der Waals surface area contributed by atoms with Crippen LogP contribution in [0.2, 0.25) is 0 Å². The van der Waals surface area contributed by atoms with E-state index >= 15 is 0 Å². The maximum atomic E-state index is 6.17. The Balaban J connectivity index is 1.86. The summed E-state index contributed by atoms with van der Waals surface area (Å²) < 4.78 is 7.51. The number of nitrogens with one attached hydrogen (secondary N) is 1. The Morgan fingerprint density at radius 2 is 2.10 bits per heavy atom. The van der Waals surface area contributed by atoms with Crippen LogP contribution in [0.3, 0.4) is 0 Å². The molecule has 1 aromatic carbocycles.